The van der Waals surface area contributed by atoms with Gasteiger partial charge in [0.15, 0.2) is 0 Å². The molecule has 0 aliphatic rings. The van der Waals surface area contributed by atoms with Crippen LogP contribution in [0.15, 0.2) is 0 Å². The Bertz CT molecular complexity index is 415. The van der Waals surface area contributed by atoms with Crippen LogP contribution in [0, 0.1) is 17.8 Å². The molecule has 0 saturated carbocycles. The number of carboxylic acids is 1. The fourth-order valence-electron chi connectivity index (χ4n) is 1.88. The van der Waals surface area contributed by atoms with E-state index < -0.39 is 29.5 Å². The first-order valence-electron chi connectivity index (χ1n) is 7.89. The standard InChI is InChI=1S/C16H30N2O5/c1-10(2)7-12(14(20)21)9-17-13(19)11(3)8-18-15(22)23-16(4,5)6/h10-12H,7-9H2,1-6H3,(H,17,19)(H,18,22)(H,20,21)/t11?,12-/m1/s1. The van der Waals surface area contributed by atoms with Gasteiger partial charge >= 0.3 is 12.1 Å². The van der Waals surface area contributed by atoms with Crippen LogP contribution < -0.4 is 10.6 Å². The lowest BCUT2D eigenvalue weighted by molar-refractivity contribution is -0.142. The number of carbonyl (C=O) groups is 3. The average molecular weight is 330 g/mol. The van der Waals surface area contributed by atoms with Crippen LogP contribution in [0.4, 0.5) is 4.79 Å². The first kappa shape index (κ1) is 21.2. The molecule has 0 heterocycles. The molecule has 3 N–H and O–H groups in total. The van der Waals surface area contributed by atoms with E-state index in [-0.39, 0.29) is 24.9 Å². The number of amides is 2. The molecule has 7 heteroatoms. The molecule has 0 bridgehead atoms. The van der Waals surface area contributed by atoms with Crippen LogP contribution in [0.1, 0.15) is 48.0 Å². The zero-order valence-electron chi connectivity index (χ0n) is 14.9. The van der Waals surface area contributed by atoms with Crippen LogP contribution in [-0.4, -0.2) is 41.8 Å². The van der Waals surface area contributed by atoms with Gasteiger partial charge in [-0.3, -0.25) is 9.59 Å². The van der Waals surface area contributed by atoms with Gasteiger partial charge in [-0.1, -0.05) is 20.8 Å². The van der Waals surface area contributed by atoms with Crippen molar-refractivity contribution in [1.82, 2.24) is 10.6 Å². The third-order valence-electron chi connectivity index (χ3n) is 3.03. The summed E-state index contributed by atoms with van der Waals surface area (Å²) in [6, 6.07) is 0. The van der Waals surface area contributed by atoms with Crippen LogP contribution >= 0.6 is 0 Å². The molecule has 0 aromatic carbocycles. The van der Waals surface area contributed by atoms with E-state index in [1.807, 2.05) is 13.8 Å². The monoisotopic (exact) mass is 330 g/mol. The molecule has 0 saturated heterocycles. The summed E-state index contributed by atoms with van der Waals surface area (Å²) in [5.74, 6) is -2.06. The number of ether oxygens (including phenoxy) is 1. The van der Waals surface area contributed by atoms with Gasteiger partial charge in [0.05, 0.1) is 11.8 Å². The molecule has 1 unspecified atom stereocenters. The highest BCUT2D eigenvalue weighted by Gasteiger charge is 2.22. The Morgan fingerprint density at radius 2 is 1.61 bits per heavy atom. The third kappa shape index (κ3) is 10.5. The van der Waals surface area contributed by atoms with Crippen molar-refractivity contribution in [2.45, 2.75) is 53.6 Å². The second-order valence-electron chi connectivity index (χ2n) is 7.19. The van der Waals surface area contributed by atoms with Gasteiger partial charge in [0.25, 0.3) is 0 Å². The number of hydrogen-bond acceptors (Lipinski definition) is 4. The molecule has 2 amide bonds. The normalized spacial score (nSPS) is 14.0. The molecule has 7 nitrogen and oxygen atoms in total. The first-order valence-corrected chi connectivity index (χ1v) is 7.89. The number of carbonyl (C=O) groups excluding carboxylic acids is 2. The highest BCUT2D eigenvalue weighted by atomic mass is 16.6. The Morgan fingerprint density at radius 1 is 1.04 bits per heavy atom. The molecule has 23 heavy (non-hydrogen) atoms. The van der Waals surface area contributed by atoms with Crippen molar-refractivity contribution < 1.29 is 24.2 Å². The van der Waals surface area contributed by atoms with E-state index in [1.165, 1.54) is 0 Å². The zero-order chi connectivity index (χ0) is 18.2. The van der Waals surface area contributed by atoms with Crippen molar-refractivity contribution in [3.05, 3.63) is 0 Å². The third-order valence-corrected chi connectivity index (χ3v) is 3.03. The number of nitrogens with one attached hydrogen (secondary N) is 2. The zero-order valence-corrected chi connectivity index (χ0v) is 14.9. The summed E-state index contributed by atoms with van der Waals surface area (Å²) in [4.78, 5) is 34.6. The molecule has 0 spiro atoms. The minimum absolute atomic E-state index is 0.0864. The summed E-state index contributed by atoms with van der Waals surface area (Å²) in [5.41, 5.74) is -0.596. The summed E-state index contributed by atoms with van der Waals surface area (Å²) < 4.78 is 5.08. The van der Waals surface area contributed by atoms with Gasteiger partial charge in [0.2, 0.25) is 5.91 Å². The van der Waals surface area contributed by atoms with E-state index >= 15 is 0 Å². The van der Waals surface area contributed by atoms with Gasteiger partial charge in [0, 0.05) is 13.1 Å². The van der Waals surface area contributed by atoms with Gasteiger partial charge in [-0.15, -0.1) is 0 Å². The van der Waals surface area contributed by atoms with Crippen LogP contribution in [0.25, 0.3) is 0 Å². The Labute approximate surface area is 138 Å². The Morgan fingerprint density at radius 3 is 2.04 bits per heavy atom. The maximum atomic E-state index is 12.0. The quantitative estimate of drug-likeness (QED) is 0.631. The number of carboxylic acid groups (broad SMARTS) is 1. The molecular formula is C16H30N2O5. The van der Waals surface area contributed by atoms with E-state index in [0.29, 0.717) is 6.42 Å². The fraction of sp³-hybridized carbons (Fsp3) is 0.812. The van der Waals surface area contributed by atoms with Crippen LogP contribution in [0.3, 0.4) is 0 Å². The summed E-state index contributed by atoms with van der Waals surface area (Å²) >= 11 is 0. The fourth-order valence-corrected chi connectivity index (χ4v) is 1.88. The molecular weight excluding hydrogens is 300 g/mol. The minimum atomic E-state index is -0.918. The van der Waals surface area contributed by atoms with Crippen LogP contribution in [0.5, 0.6) is 0 Å². The molecule has 0 radical (unpaired) electrons. The van der Waals surface area contributed by atoms with Crippen LogP contribution in [0.2, 0.25) is 0 Å². The largest absolute Gasteiger partial charge is 0.481 e. The van der Waals surface area contributed by atoms with Crippen molar-refractivity contribution in [2.24, 2.45) is 17.8 Å². The van der Waals surface area contributed by atoms with Gasteiger partial charge in [-0.2, -0.15) is 0 Å². The second-order valence-corrected chi connectivity index (χ2v) is 7.19. The topological polar surface area (TPSA) is 105 Å². The number of hydrogen-bond donors (Lipinski definition) is 3. The average Bonchev–Trinajstić information content (AvgIpc) is 2.37. The molecule has 0 fully saturated rings. The first-order chi connectivity index (χ1) is 10.4. The van der Waals surface area contributed by atoms with Crippen molar-refractivity contribution >= 4 is 18.0 Å². The predicted molar refractivity (Wildman–Crippen MR) is 87.0 cm³/mol. The van der Waals surface area contributed by atoms with E-state index in [2.05, 4.69) is 10.6 Å². The molecule has 0 aliphatic carbocycles. The summed E-state index contributed by atoms with van der Waals surface area (Å²) in [6.07, 6.45) is -0.0828. The predicted octanol–water partition coefficient (Wildman–Crippen LogP) is 2.01. The van der Waals surface area contributed by atoms with Crippen molar-refractivity contribution in [1.29, 1.82) is 0 Å². The number of alkyl carbamates (subject to hydrolysis) is 1. The smallest absolute Gasteiger partial charge is 0.407 e. The Kier molecular flexibility index (Phi) is 8.64. The Balaban J connectivity index is 4.24. The second kappa shape index (κ2) is 9.37. The van der Waals surface area contributed by atoms with Gasteiger partial charge in [-0.25, -0.2) is 4.79 Å². The van der Waals surface area contributed by atoms with Crippen molar-refractivity contribution in [3.8, 4) is 0 Å². The lowest BCUT2D eigenvalue weighted by atomic mass is 9.97. The van der Waals surface area contributed by atoms with E-state index in [1.54, 1.807) is 27.7 Å². The lowest BCUT2D eigenvalue weighted by Crippen LogP contribution is -2.41. The molecule has 134 valence electrons. The molecule has 0 aliphatic heterocycles. The SMILES string of the molecule is CC(C)C[C@H](CNC(=O)C(C)CNC(=O)OC(C)(C)C)C(=O)O. The van der Waals surface area contributed by atoms with E-state index in [0.717, 1.165) is 0 Å². The highest BCUT2D eigenvalue weighted by Crippen LogP contribution is 2.11. The highest BCUT2D eigenvalue weighted by molar-refractivity contribution is 5.80. The number of rotatable bonds is 8. The minimum Gasteiger partial charge on any atom is -0.481 e. The summed E-state index contributed by atoms with van der Waals surface area (Å²) in [5, 5.41) is 14.3. The molecule has 0 aromatic heterocycles. The molecule has 2 atom stereocenters. The molecule has 0 aromatic rings. The van der Waals surface area contributed by atoms with Crippen molar-refractivity contribution in [2.75, 3.05) is 13.1 Å². The van der Waals surface area contributed by atoms with E-state index in [4.69, 9.17) is 9.84 Å². The maximum Gasteiger partial charge on any atom is 0.407 e. The van der Waals surface area contributed by atoms with E-state index in [9.17, 15) is 14.4 Å². The summed E-state index contributed by atoms with van der Waals surface area (Å²) in [6.45, 7) is 11.0. The van der Waals surface area contributed by atoms with Crippen LogP contribution in [-0.2, 0) is 14.3 Å². The Hall–Kier alpha value is -1.79. The van der Waals surface area contributed by atoms with Crippen molar-refractivity contribution in [3.63, 3.8) is 0 Å². The maximum absolute atomic E-state index is 12.0. The molecule has 0 rings (SSSR count). The number of aliphatic carboxylic acids is 1. The van der Waals surface area contributed by atoms with Gasteiger partial charge in [-0.05, 0) is 33.1 Å². The summed E-state index contributed by atoms with van der Waals surface area (Å²) in [7, 11) is 0. The lowest BCUT2D eigenvalue weighted by Gasteiger charge is -2.21. The van der Waals surface area contributed by atoms with Gasteiger partial charge in [0.1, 0.15) is 5.60 Å². The van der Waals surface area contributed by atoms with Gasteiger partial charge < -0.3 is 20.5 Å².